The van der Waals surface area contributed by atoms with E-state index in [0.29, 0.717) is 28.9 Å². The van der Waals surface area contributed by atoms with Crippen molar-refractivity contribution in [3.63, 3.8) is 0 Å². The molecule has 3 heterocycles. The Morgan fingerprint density at radius 2 is 1.50 bits per heavy atom. The van der Waals surface area contributed by atoms with E-state index >= 15 is 0 Å². The number of hydrogen-bond acceptors (Lipinski definition) is 6. The second-order valence-corrected chi connectivity index (χ2v) is 8.39. The van der Waals surface area contributed by atoms with Crippen LogP contribution < -0.4 is 17.0 Å². The number of amides is 1. The molecule has 0 spiro atoms. The van der Waals surface area contributed by atoms with Crippen LogP contribution in [0.15, 0.2) is 23.5 Å². The smallest absolute Gasteiger partial charge is 0.261 e. The quantitative estimate of drug-likeness (QED) is 0.566. The third kappa shape index (κ3) is 4.84. The molecule has 0 unspecified atom stereocenters. The summed E-state index contributed by atoms with van der Waals surface area (Å²) in [5.41, 5.74) is 12.0. The first-order valence-electron chi connectivity index (χ1n) is 11.1. The van der Waals surface area contributed by atoms with Gasteiger partial charge in [0.05, 0.1) is 30.8 Å². The van der Waals surface area contributed by atoms with Crippen LogP contribution >= 0.6 is 0 Å². The van der Waals surface area contributed by atoms with E-state index in [-0.39, 0.29) is 13.0 Å². The summed E-state index contributed by atoms with van der Waals surface area (Å²) in [5.74, 6) is -0.0936. The lowest BCUT2D eigenvalue weighted by Crippen LogP contribution is -2.18. The number of H-pyrrole nitrogens is 1. The minimum absolute atomic E-state index is 0. The summed E-state index contributed by atoms with van der Waals surface area (Å²) in [4.78, 5) is 29.3. The Morgan fingerprint density at radius 1 is 0.938 bits per heavy atom. The standard InChI is InChI=1S/C11H14N4O.C10H16N4O.CH4/c16-11-9-6-14-15(10(9)12-7-13-11)8-4-2-1-3-5-8;11-9-8(10(12)15)6-13-14(9)7-4-2-1-3-5-7;/h6-8H,1-5H2,(H,12,13,16);6-7H,1-5,11H2,(H2,12,15);1H4. The molecule has 10 nitrogen and oxygen atoms in total. The van der Waals surface area contributed by atoms with E-state index in [4.69, 9.17) is 11.5 Å². The molecule has 3 aromatic rings. The van der Waals surface area contributed by atoms with Gasteiger partial charge in [-0.05, 0) is 25.7 Å². The molecule has 2 aliphatic rings. The third-order valence-corrected chi connectivity index (χ3v) is 6.34. The number of anilines is 1. The van der Waals surface area contributed by atoms with Gasteiger partial charge in [0, 0.05) is 0 Å². The van der Waals surface area contributed by atoms with Crippen molar-refractivity contribution in [1.29, 1.82) is 0 Å². The average Bonchev–Trinajstić information content (AvgIpc) is 3.40. The second-order valence-electron chi connectivity index (χ2n) is 8.39. The molecule has 32 heavy (non-hydrogen) atoms. The topological polar surface area (TPSA) is 150 Å². The summed E-state index contributed by atoms with van der Waals surface area (Å²) in [6.45, 7) is 0. The van der Waals surface area contributed by atoms with Crippen LogP contribution in [-0.4, -0.2) is 35.4 Å². The molecular formula is C22H34N8O2. The third-order valence-electron chi connectivity index (χ3n) is 6.34. The van der Waals surface area contributed by atoms with Gasteiger partial charge in [-0.2, -0.15) is 10.2 Å². The Morgan fingerprint density at radius 3 is 2.06 bits per heavy atom. The Bertz CT molecular complexity index is 1090. The average molecular weight is 443 g/mol. The van der Waals surface area contributed by atoms with Gasteiger partial charge in [-0.25, -0.2) is 14.3 Å². The van der Waals surface area contributed by atoms with Crippen molar-refractivity contribution in [1.82, 2.24) is 29.5 Å². The number of rotatable bonds is 3. The van der Waals surface area contributed by atoms with Crippen LogP contribution in [0.25, 0.3) is 11.0 Å². The van der Waals surface area contributed by atoms with E-state index in [0.717, 1.165) is 31.3 Å². The number of nitrogens with zero attached hydrogens (tertiary/aromatic N) is 5. The molecule has 1 amide bonds. The Kier molecular flexibility index (Phi) is 7.66. The number of hydrogen-bond donors (Lipinski definition) is 3. The highest BCUT2D eigenvalue weighted by molar-refractivity contribution is 5.96. The summed E-state index contributed by atoms with van der Waals surface area (Å²) in [7, 11) is 0. The van der Waals surface area contributed by atoms with Crippen LogP contribution in [0.4, 0.5) is 5.82 Å². The van der Waals surface area contributed by atoms with Gasteiger partial charge in [0.15, 0.2) is 5.65 Å². The van der Waals surface area contributed by atoms with Crippen LogP contribution in [0.2, 0.25) is 0 Å². The number of carbonyl (C=O) groups is 1. The van der Waals surface area contributed by atoms with Crippen molar-refractivity contribution in [2.75, 3.05) is 5.73 Å². The first-order valence-corrected chi connectivity index (χ1v) is 11.1. The number of aromatic nitrogens is 6. The van der Waals surface area contributed by atoms with Crippen LogP contribution in [-0.2, 0) is 0 Å². The minimum Gasteiger partial charge on any atom is -0.383 e. The van der Waals surface area contributed by atoms with Crippen molar-refractivity contribution >= 4 is 22.8 Å². The van der Waals surface area contributed by atoms with Gasteiger partial charge in [-0.3, -0.25) is 9.59 Å². The molecule has 5 rings (SSSR count). The maximum atomic E-state index is 11.5. The largest absolute Gasteiger partial charge is 0.383 e. The molecule has 0 atom stereocenters. The van der Waals surface area contributed by atoms with Crippen molar-refractivity contribution in [2.24, 2.45) is 5.73 Å². The lowest BCUT2D eigenvalue weighted by molar-refractivity contribution is 0.100. The fourth-order valence-electron chi connectivity index (χ4n) is 4.65. The maximum absolute atomic E-state index is 11.5. The molecule has 2 aliphatic carbocycles. The van der Waals surface area contributed by atoms with E-state index in [1.165, 1.54) is 51.0 Å². The van der Waals surface area contributed by atoms with Crippen LogP contribution in [0.3, 0.4) is 0 Å². The van der Waals surface area contributed by atoms with Gasteiger partial charge in [-0.15, -0.1) is 0 Å². The van der Waals surface area contributed by atoms with Crippen molar-refractivity contribution < 1.29 is 4.79 Å². The molecule has 0 radical (unpaired) electrons. The Balaban J connectivity index is 0.000000176. The van der Waals surface area contributed by atoms with Crippen LogP contribution in [0, 0.1) is 0 Å². The number of nitrogen functional groups attached to an aromatic ring is 1. The summed E-state index contributed by atoms with van der Waals surface area (Å²) in [6, 6.07) is 0.757. The molecular weight excluding hydrogens is 408 g/mol. The maximum Gasteiger partial charge on any atom is 0.261 e. The fraction of sp³-hybridized carbons (Fsp3) is 0.591. The first-order chi connectivity index (χ1) is 15.1. The highest BCUT2D eigenvalue weighted by Gasteiger charge is 2.21. The summed E-state index contributed by atoms with van der Waals surface area (Å²) >= 11 is 0. The Labute approximate surface area is 187 Å². The molecule has 3 aromatic heterocycles. The zero-order valence-corrected chi connectivity index (χ0v) is 17.7. The Hall–Kier alpha value is -3.17. The van der Waals surface area contributed by atoms with Crippen molar-refractivity contribution in [3.05, 3.63) is 34.6 Å². The van der Waals surface area contributed by atoms with E-state index in [1.807, 2.05) is 4.68 Å². The highest BCUT2D eigenvalue weighted by atomic mass is 16.1. The SMILES string of the molecule is C.NC(=O)c1cnn(C2CCCCC2)c1N.O=c1[nH]cnc2c1cnn2C1CCCCC1. The van der Waals surface area contributed by atoms with Gasteiger partial charge in [-0.1, -0.05) is 46.0 Å². The number of primary amides is 1. The summed E-state index contributed by atoms with van der Waals surface area (Å²) < 4.78 is 3.67. The molecule has 174 valence electrons. The predicted molar refractivity (Wildman–Crippen MR) is 124 cm³/mol. The lowest BCUT2D eigenvalue weighted by Gasteiger charge is -2.22. The van der Waals surface area contributed by atoms with Gasteiger partial charge in [0.25, 0.3) is 11.5 Å². The number of aromatic amines is 1. The van der Waals surface area contributed by atoms with E-state index in [2.05, 4.69) is 20.2 Å². The monoisotopic (exact) mass is 442 g/mol. The number of nitrogens with two attached hydrogens (primary N) is 2. The van der Waals surface area contributed by atoms with Gasteiger partial charge in [0.2, 0.25) is 0 Å². The zero-order valence-electron chi connectivity index (χ0n) is 17.7. The molecule has 2 saturated carbocycles. The fourth-order valence-corrected chi connectivity index (χ4v) is 4.65. The first kappa shape index (κ1) is 23.5. The van der Waals surface area contributed by atoms with Crippen molar-refractivity contribution in [2.45, 2.75) is 83.7 Å². The highest BCUT2D eigenvalue weighted by Crippen LogP contribution is 2.30. The van der Waals surface area contributed by atoms with Crippen molar-refractivity contribution in [3.8, 4) is 0 Å². The van der Waals surface area contributed by atoms with E-state index < -0.39 is 5.91 Å². The minimum atomic E-state index is -0.505. The molecule has 2 fully saturated rings. The summed E-state index contributed by atoms with van der Waals surface area (Å²) in [6.07, 6.45) is 16.5. The van der Waals surface area contributed by atoms with Gasteiger partial charge >= 0.3 is 0 Å². The molecule has 0 saturated heterocycles. The number of nitrogens with one attached hydrogen (secondary N) is 1. The van der Waals surface area contributed by atoms with Gasteiger partial charge in [0.1, 0.15) is 16.8 Å². The van der Waals surface area contributed by atoms with Crippen LogP contribution in [0.5, 0.6) is 0 Å². The molecule has 0 aliphatic heterocycles. The number of carbonyl (C=O) groups excluding carboxylic acids is 1. The van der Waals surface area contributed by atoms with E-state index in [1.54, 1.807) is 10.9 Å². The van der Waals surface area contributed by atoms with Crippen LogP contribution in [0.1, 0.15) is 94.1 Å². The number of fused-ring (bicyclic) bond motifs is 1. The lowest BCUT2D eigenvalue weighted by atomic mass is 9.96. The predicted octanol–water partition coefficient (Wildman–Crippen LogP) is 3.33. The zero-order chi connectivity index (χ0) is 21.8. The van der Waals surface area contributed by atoms with Gasteiger partial charge < -0.3 is 16.5 Å². The molecule has 10 heteroatoms. The molecule has 0 bridgehead atoms. The molecule has 5 N–H and O–H groups in total. The summed E-state index contributed by atoms with van der Waals surface area (Å²) in [5, 5.41) is 9.06. The second kappa shape index (κ2) is 10.4. The normalized spacial score (nSPS) is 17.4. The van der Waals surface area contributed by atoms with E-state index in [9.17, 15) is 9.59 Å². The molecule has 0 aromatic carbocycles.